The summed E-state index contributed by atoms with van der Waals surface area (Å²) in [6, 6.07) is 6.48. The van der Waals surface area contributed by atoms with Crippen molar-refractivity contribution in [2.24, 2.45) is 5.41 Å². The van der Waals surface area contributed by atoms with E-state index in [0.29, 0.717) is 0 Å². The zero-order valence-electron chi connectivity index (χ0n) is 9.70. The Labute approximate surface area is 101 Å². The van der Waals surface area contributed by atoms with Crippen LogP contribution in [0.15, 0.2) is 24.3 Å². The van der Waals surface area contributed by atoms with Gasteiger partial charge in [0.15, 0.2) is 0 Å². The molecule has 0 aromatic heterocycles. The number of halogens is 1. The highest BCUT2D eigenvalue weighted by Gasteiger charge is 2.30. The first-order valence-electron chi connectivity index (χ1n) is 5.01. The Bertz CT molecular complexity index is 373. The number of amides is 1. The van der Waals surface area contributed by atoms with Crippen molar-refractivity contribution >= 4 is 23.2 Å². The van der Waals surface area contributed by atoms with Gasteiger partial charge in [-0.2, -0.15) is 0 Å². The van der Waals surface area contributed by atoms with Crippen LogP contribution >= 0.6 is 11.6 Å². The molecule has 1 aromatic rings. The maximum absolute atomic E-state index is 12.1. The maximum atomic E-state index is 12.1. The number of hydrogen-bond donors (Lipinski definition) is 1. The van der Waals surface area contributed by atoms with Crippen LogP contribution in [0.3, 0.4) is 0 Å². The van der Waals surface area contributed by atoms with E-state index in [4.69, 9.17) is 16.7 Å². The molecule has 0 heterocycles. The van der Waals surface area contributed by atoms with Gasteiger partial charge in [-0.3, -0.25) is 4.79 Å². The van der Waals surface area contributed by atoms with Crippen molar-refractivity contribution in [2.75, 3.05) is 17.8 Å². The number of anilines is 1. The molecule has 16 heavy (non-hydrogen) atoms. The molecule has 0 spiro atoms. The summed E-state index contributed by atoms with van der Waals surface area (Å²) in [7, 11) is 1.70. The van der Waals surface area contributed by atoms with E-state index in [1.54, 1.807) is 50.1 Å². The second-order valence-corrected chi connectivity index (χ2v) is 4.67. The Balaban J connectivity index is 2.90. The van der Waals surface area contributed by atoms with Crippen molar-refractivity contribution in [3.63, 3.8) is 0 Å². The fourth-order valence-electron chi connectivity index (χ4n) is 1.30. The Morgan fingerprint density at radius 2 is 1.88 bits per heavy atom. The van der Waals surface area contributed by atoms with Gasteiger partial charge >= 0.3 is 0 Å². The second kappa shape index (κ2) is 4.74. The first-order chi connectivity index (χ1) is 7.38. The minimum absolute atomic E-state index is 0.0480. The van der Waals surface area contributed by atoms with E-state index in [1.807, 2.05) is 0 Å². The van der Waals surface area contributed by atoms with Crippen LogP contribution in [0.25, 0.3) is 0 Å². The number of phenolic OH excluding ortho intramolecular Hbond substituents is 1. The average molecular weight is 242 g/mol. The third-order valence-corrected chi connectivity index (χ3v) is 3.12. The summed E-state index contributed by atoms with van der Waals surface area (Å²) in [5.41, 5.74) is 0.148. The molecule has 0 bridgehead atoms. The summed E-state index contributed by atoms with van der Waals surface area (Å²) < 4.78 is 0. The first kappa shape index (κ1) is 12.8. The Morgan fingerprint density at radius 1 is 1.38 bits per heavy atom. The molecule has 0 aliphatic carbocycles. The lowest BCUT2D eigenvalue weighted by atomic mass is 9.94. The van der Waals surface area contributed by atoms with Gasteiger partial charge in [-0.05, 0) is 38.1 Å². The first-order valence-corrected chi connectivity index (χ1v) is 5.55. The molecule has 0 saturated carbocycles. The van der Waals surface area contributed by atoms with Crippen LogP contribution < -0.4 is 4.90 Å². The van der Waals surface area contributed by atoms with Crippen LogP contribution in [0.4, 0.5) is 5.69 Å². The van der Waals surface area contributed by atoms with E-state index < -0.39 is 5.41 Å². The lowest BCUT2D eigenvalue weighted by Gasteiger charge is -2.27. The normalized spacial score (nSPS) is 11.2. The summed E-state index contributed by atoms with van der Waals surface area (Å²) >= 11 is 5.76. The van der Waals surface area contributed by atoms with Crippen molar-refractivity contribution in [3.05, 3.63) is 24.3 Å². The fraction of sp³-hybridized carbons (Fsp3) is 0.417. The van der Waals surface area contributed by atoms with Gasteiger partial charge in [0.05, 0.1) is 5.41 Å². The molecule has 1 N–H and O–H groups in total. The molecule has 0 fully saturated rings. The van der Waals surface area contributed by atoms with Crippen LogP contribution in [0.1, 0.15) is 13.8 Å². The molecule has 0 unspecified atom stereocenters. The van der Waals surface area contributed by atoms with Gasteiger partial charge < -0.3 is 10.0 Å². The SMILES string of the molecule is CN(C(=O)C(C)(C)CCl)c1ccc(O)cc1. The van der Waals surface area contributed by atoms with Crippen LogP contribution in [0.5, 0.6) is 5.75 Å². The molecule has 3 nitrogen and oxygen atoms in total. The number of nitrogens with zero attached hydrogens (tertiary/aromatic N) is 1. The van der Waals surface area contributed by atoms with Gasteiger partial charge in [-0.15, -0.1) is 11.6 Å². The van der Waals surface area contributed by atoms with Gasteiger partial charge in [-0.25, -0.2) is 0 Å². The number of carbonyl (C=O) groups is 1. The van der Waals surface area contributed by atoms with Crippen molar-refractivity contribution in [1.82, 2.24) is 0 Å². The standard InChI is InChI=1S/C12H16ClNO2/c1-12(2,8-13)11(16)14(3)9-4-6-10(15)7-5-9/h4-7,15H,8H2,1-3H3. The van der Waals surface area contributed by atoms with Gasteiger partial charge in [0.1, 0.15) is 5.75 Å². The second-order valence-electron chi connectivity index (χ2n) is 4.40. The number of alkyl halides is 1. The minimum atomic E-state index is -0.589. The minimum Gasteiger partial charge on any atom is -0.508 e. The monoisotopic (exact) mass is 241 g/mol. The highest BCUT2D eigenvalue weighted by Crippen LogP contribution is 2.25. The Kier molecular flexibility index (Phi) is 3.81. The molecule has 1 rings (SSSR count). The molecule has 0 atom stereocenters. The summed E-state index contributed by atoms with van der Waals surface area (Å²) in [6.07, 6.45) is 0. The van der Waals surface area contributed by atoms with Gasteiger partial charge in [0.2, 0.25) is 5.91 Å². The summed E-state index contributed by atoms with van der Waals surface area (Å²) in [5, 5.41) is 9.16. The molecular weight excluding hydrogens is 226 g/mol. The third kappa shape index (κ3) is 2.67. The molecule has 0 radical (unpaired) electrons. The topological polar surface area (TPSA) is 40.5 Å². The summed E-state index contributed by atoms with van der Waals surface area (Å²) in [5.74, 6) is 0.406. The average Bonchev–Trinajstić information content (AvgIpc) is 2.28. The molecule has 0 saturated heterocycles. The van der Waals surface area contributed by atoms with Crippen LogP contribution in [-0.4, -0.2) is 23.9 Å². The largest absolute Gasteiger partial charge is 0.508 e. The number of benzene rings is 1. The highest BCUT2D eigenvalue weighted by atomic mass is 35.5. The van der Waals surface area contributed by atoms with Crippen molar-refractivity contribution in [2.45, 2.75) is 13.8 Å². The fourth-order valence-corrected chi connectivity index (χ4v) is 1.42. The van der Waals surface area contributed by atoms with E-state index >= 15 is 0 Å². The van der Waals surface area contributed by atoms with E-state index in [9.17, 15) is 4.79 Å². The van der Waals surface area contributed by atoms with E-state index in [1.165, 1.54) is 0 Å². The van der Waals surface area contributed by atoms with E-state index in [2.05, 4.69) is 0 Å². The van der Waals surface area contributed by atoms with E-state index in [-0.39, 0.29) is 17.5 Å². The van der Waals surface area contributed by atoms with Gasteiger partial charge in [0, 0.05) is 18.6 Å². The maximum Gasteiger partial charge on any atom is 0.233 e. The molecule has 1 aromatic carbocycles. The molecule has 1 amide bonds. The van der Waals surface area contributed by atoms with Crippen LogP contribution in [0, 0.1) is 5.41 Å². The smallest absolute Gasteiger partial charge is 0.233 e. The lowest BCUT2D eigenvalue weighted by molar-refractivity contribution is -0.125. The molecule has 88 valence electrons. The van der Waals surface area contributed by atoms with Gasteiger partial charge in [0.25, 0.3) is 0 Å². The van der Waals surface area contributed by atoms with Crippen molar-refractivity contribution < 1.29 is 9.90 Å². The zero-order chi connectivity index (χ0) is 12.3. The van der Waals surface area contributed by atoms with Gasteiger partial charge in [-0.1, -0.05) is 0 Å². The molecule has 4 heteroatoms. The summed E-state index contributed by atoms with van der Waals surface area (Å²) in [4.78, 5) is 13.6. The third-order valence-electron chi connectivity index (χ3n) is 2.45. The lowest BCUT2D eigenvalue weighted by Crippen LogP contribution is -2.39. The Morgan fingerprint density at radius 3 is 2.31 bits per heavy atom. The van der Waals surface area contributed by atoms with E-state index in [0.717, 1.165) is 5.69 Å². The molecule has 0 aliphatic heterocycles. The van der Waals surface area contributed by atoms with Crippen molar-refractivity contribution in [3.8, 4) is 5.75 Å². The summed E-state index contributed by atoms with van der Waals surface area (Å²) in [6.45, 7) is 3.61. The number of aromatic hydroxyl groups is 1. The number of hydrogen-bond acceptors (Lipinski definition) is 2. The number of rotatable bonds is 3. The molecular formula is C12H16ClNO2. The zero-order valence-corrected chi connectivity index (χ0v) is 10.5. The predicted octanol–water partition coefficient (Wildman–Crippen LogP) is 2.62. The number of carbonyl (C=O) groups excluding carboxylic acids is 1. The van der Waals surface area contributed by atoms with Crippen LogP contribution in [0.2, 0.25) is 0 Å². The van der Waals surface area contributed by atoms with Crippen LogP contribution in [-0.2, 0) is 4.79 Å². The predicted molar refractivity (Wildman–Crippen MR) is 66.0 cm³/mol. The quantitative estimate of drug-likeness (QED) is 0.827. The van der Waals surface area contributed by atoms with Crippen molar-refractivity contribution in [1.29, 1.82) is 0 Å². The highest BCUT2D eigenvalue weighted by molar-refractivity contribution is 6.20. The Hall–Kier alpha value is -1.22. The number of phenols is 1. The molecule has 0 aliphatic rings.